The van der Waals surface area contributed by atoms with Crippen molar-refractivity contribution in [3.05, 3.63) is 47.0 Å². The highest BCUT2D eigenvalue weighted by Crippen LogP contribution is 2.30. The van der Waals surface area contributed by atoms with Crippen molar-refractivity contribution >= 4 is 15.7 Å². The lowest BCUT2D eigenvalue weighted by molar-refractivity contribution is 0.0682. The molecular formula is C22H29FN4O3S. The van der Waals surface area contributed by atoms with E-state index < -0.39 is 9.84 Å². The Bertz CT molecular complexity index is 1080. The van der Waals surface area contributed by atoms with Crippen LogP contribution in [0.4, 0.5) is 4.39 Å². The molecule has 0 N–H and O–H groups in total. The van der Waals surface area contributed by atoms with E-state index in [0.717, 1.165) is 43.5 Å². The minimum Gasteiger partial charge on any atom is -0.333 e. The van der Waals surface area contributed by atoms with Crippen LogP contribution in [0.15, 0.2) is 24.3 Å². The molecule has 1 fully saturated rings. The Morgan fingerprint density at radius 1 is 1.23 bits per heavy atom. The van der Waals surface area contributed by atoms with E-state index in [2.05, 4.69) is 5.10 Å². The van der Waals surface area contributed by atoms with Gasteiger partial charge in [-0.2, -0.15) is 5.10 Å². The molecule has 1 aromatic carbocycles. The normalized spacial score (nSPS) is 19.7. The van der Waals surface area contributed by atoms with Crippen LogP contribution in [0, 0.1) is 5.82 Å². The summed E-state index contributed by atoms with van der Waals surface area (Å²) in [7, 11) is 0.803. The van der Waals surface area contributed by atoms with Gasteiger partial charge < -0.3 is 9.80 Å². The van der Waals surface area contributed by atoms with Crippen molar-refractivity contribution in [1.82, 2.24) is 19.6 Å². The number of hydrogen-bond donors (Lipinski definition) is 0. The maximum absolute atomic E-state index is 14.5. The standard InChI is InChI=1S/C22H29FN4O3S/c1-25(2)12-6-13-26(16-11-14-31(29,30)15-16)22(28)21-17-7-5-10-19(17)27(24-21)20-9-4-3-8-18(20)23/h3-4,8-9,16H,5-7,10-15H2,1-2H3. The first-order valence-corrected chi connectivity index (χ1v) is 12.6. The molecule has 7 nitrogen and oxygen atoms in total. The molecule has 1 atom stereocenters. The van der Waals surface area contributed by atoms with Crippen molar-refractivity contribution in [2.75, 3.05) is 38.7 Å². The molecule has 0 bridgehead atoms. The fourth-order valence-corrected chi connectivity index (χ4v) is 6.33. The number of sulfone groups is 1. The second kappa shape index (κ2) is 8.70. The smallest absolute Gasteiger partial charge is 0.274 e. The molecule has 1 amide bonds. The third kappa shape index (κ3) is 4.52. The molecule has 2 aromatic rings. The number of hydrogen-bond acceptors (Lipinski definition) is 5. The van der Waals surface area contributed by atoms with Gasteiger partial charge in [-0.1, -0.05) is 12.1 Å². The van der Waals surface area contributed by atoms with Gasteiger partial charge in [-0.05, 0) is 64.9 Å². The van der Waals surface area contributed by atoms with Crippen LogP contribution in [-0.2, 0) is 22.7 Å². The summed E-state index contributed by atoms with van der Waals surface area (Å²) >= 11 is 0. The van der Waals surface area contributed by atoms with Crippen LogP contribution in [0.25, 0.3) is 5.69 Å². The van der Waals surface area contributed by atoms with Crippen LogP contribution in [0.3, 0.4) is 0 Å². The Labute approximate surface area is 182 Å². The molecule has 1 unspecified atom stereocenters. The first kappa shape index (κ1) is 22.0. The average Bonchev–Trinajstić information content (AvgIpc) is 3.40. The molecule has 168 valence electrons. The van der Waals surface area contributed by atoms with Gasteiger partial charge in [-0.15, -0.1) is 0 Å². The molecule has 9 heteroatoms. The molecular weight excluding hydrogens is 419 g/mol. The highest BCUT2D eigenvalue weighted by Gasteiger charge is 2.37. The number of amides is 1. The molecule has 1 aliphatic heterocycles. The van der Waals surface area contributed by atoms with E-state index in [9.17, 15) is 17.6 Å². The zero-order valence-corrected chi connectivity index (χ0v) is 18.9. The molecule has 1 saturated heterocycles. The van der Waals surface area contributed by atoms with Gasteiger partial charge in [0.25, 0.3) is 5.91 Å². The molecule has 2 aliphatic rings. The number of rotatable bonds is 7. The van der Waals surface area contributed by atoms with Gasteiger partial charge in [-0.25, -0.2) is 17.5 Å². The van der Waals surface area contributed by atoms with Crippen LogP contribution in [0.1, 0.15) is 41.0 Å². The number of carbonyl (C=O) groups is 1. The number of nitrogens with zero attached hydrogens (tertiary/aromatic N) is 4. The Kier molecular flexibility index (Phi) is 6.16. The predicted octanol–water partition coefficient (Wildman–Crippen LogP) is 2.08. The lowest BCUT2D eigenvalue weighted by Crippen LogP contribution is -2.43. The van der Waals surface area contributed by atoms with Crippen molar-refractivity contribution in [3.8, 4) is 5.69 Å². The van der Waals surface area contributed by atoms with E-state index in [-0.39, 0.29) is 29.3 Å². The lowest BCUT2D eigenvalue weighted by atomic mass is 10.1. The van der Waals surface area contributed by atoms with E-state index >= 15 is 0 Å². The molecule has 1 aliphatic carbocycles. The topological polar surface area (TPSA) is 75.5 Å². The largest absolute Gasteiger partial charge is 0.333 e. The van der Waals surface area contributed by atoms with Gasteiger partial charge in [0, 0.05) is 23.8 Å². The maximum Gasteiger partial charge on any atom is 0.274 e. The third-order valence-electron chi connectivity index (χ3n) is 6.13. The Morgan fingerprint density at radius 2 is 2.00 bits per heavy atom. The van der Waals surface area contributed by atoms with Crippen molar-refractivity contribution in [2.24, 2.45) is 0 Å². The number of carbonyl (C=O) groups excluding carboxylic acids is 1. The van der Waals surface area contributed by atoms with Crippen LogP contribution in [0.2, 0.25) is 0 Å². The average molecular weight is 449 g/mol. The predicted molar refractivity (Wildman–Crippen MR) is 117 cm³/mol. The summed E-state index contributed by atoms with van der Waals surface area (Å²) in [4.78, 5) is 17.4. The molecule has 4 rings (SSSR count). The van der Waals surface area contributed by atoms with E-state index in [1.54, 1.807) is 27.8 Å². The number of para-hydroxylation sites is 1. The highest BCUT2D eigenvalue weighted by molar-refractivity contribution is 7.91. The zero-order chi connectivity index (χ0) is 22.2. The molecule has 2 heterocycles. The van der Waals surface area contributed by atoms with Gasteiger partial charge >= 0.3 is 0 Å². The molecule has 0 radical (unpaired) electrons. The minimum atomic E-state index is -3.13. The quantitative estimate of drug-likeness (QED) is 0.648. The van der Waals surface area contributed by atoms with Gasteiger partial charge in [0.05, 0.1) is 11.5 Å². The number of benzene rings is 1. The van der Waals surface area contributed by atoms with E-state index in [1.165, 1.54) is 6.07 Å². The molecule has 1 aromatic heterocycles. The lowest BCUT2D eigenvalue weighted by Gasteiger charge is -2.28. The first-order chi connectivity index (χ1) is 14.8. The Hall–Kier alpha value is -2.26. The van der Waals surface area contributed by atoms with Gasteiger partial charge in [-0.3, -0.25) is 4.79 Å². The van der Waals surface area contributed by atoms with Crippen molar-refractivity contribution in [2.45, 2.75) is 38.1 Å². The summed E-state index contributed by atoms with van der Waals surface area (Å²) in [5, 5.41) is 4.56. The van der Waals surface area contributed by atoms with Crippen LogP contribution in [0.5, 0.6) is 0 Å². The Morgan fingerprint density at radius 3 is 2.68 bits per heavy atom. The van der Waals surface area contributed by atoms with Gasteiger partial charge in [0.2, 0.25) is 0 Å². The SMILES string of the molecule is CN(C)CCCN(C(=O)c1nn(-c2ccccc2F)c2c1CCC2)C1CCS(=O)(=O)C1. The van der Waals surface area contributed by atoms with Crippen molar-refractivity contribution < 1.29 is 17.6 Å². The van der Waals surface area contributed by atoms with Crippen LogP contribution in [-0.4, -0.2) is 78.6 Å². The summed E-state index contributed by atoms with van der Waals surface area (Å²) in [5.74, 6) is -0.522. The van der Waals surface area contributed by atoms with E-state index in [1.807, 2.05) is 19.0 Å². The summed E-state index contributed by atoms with van der Waals surface area (Å²) in [5.41, 5.74) is 2.42. The molecule has 31 heavy (non-hydrogen) atoms. The van der Waals surface area contributed by atoms with Gasteiger partial charge in [0.15, 0.2) is 15.5 Å². The number of aromatic nitrogens is 2. The van der Waals surface area contributed by atoms with E-state index in [0.29, 0.717) is 24.3 Å². The Balaban J connectivity index is 1.68. The second-order valence-electron chi connectivity index (χ2n) is 8.70. The van der Waals surface area contributed by atoms with Crippen molar-refractivity contribution in [1.29, 1.82) is 0 Å². The fourth-order valence-electron chi connectivity index (χ4n) is 4.60. The second-order valence-corrected chi connectivity index (χ2v) is 10.9. The van der Waals surface area contributed by atoms with Crippen LogP contribution < -0.4 is 0 Å². The van der Waals surface area contributed by atoms with Gasteiger partial charge in [0.1, 0.15) is 11.5 Å². The minimum absolute atomic E-state index is 0.00306. The maximum atomic E-state index is 14.5. The number of halogens is 1. The summed E-state index contributed by atoms with van der Waals surface area (Å²) in [6, 6.07) is 6.08. The zero-order valence-electron chi connectivity index (χ0n) is 18.1. The highest BCUT2D eigenvalue weighted by atomic mass is 32.2. The molecule has 0 spiro atoms. The van der Waals surface area contributed by atoms with E-state index in [4.69, 9.17) is 0 Å². The summed E-state index contributed by atoms with van der Waals surface area (Å²) < 4.78 is 40.2. The van der Waals surface area contributed by atoms with Crippen molar-refractivity contribution in [3.63, 3.8) is 0 Å². The summed E-state index contributed by atoms with van der Waals surface area (Å²) in [6.45, 7) is 1.27. The third-order valence-corrected chi connectivity index (χ3v) is 7.88. The van der Waals surface area contributed by atoms with Crippen LogP contribution >= 0.6 is 0 Å². The summed E-state index contributed by atoms with van der Waals surface area (Å²) in [6.07, 6.45) is 3.54. The monoisotopic (exact) mass is 448 g/mol. The molecule has 0 saturated carbocycles. The first-order valence-electron chi connectivity index (χ1n) is 10.8. The number of fused-ring (bicyclic) bond motifs is 1. The fraction of sp³-hybridized carbons (Fsp3) is 0.545.